The SMILES string of the molecule is CCCCOCCSCC1(CC(=O)OC)CC1. The highest BCUT2D eigenvalue weighted by Crippen LogP contribution is 2.51. The molecule has 1 aliphatic carbocycles. The zero-order chi connectivity index (χ0) is 12.6. The van der Waals surface area contributed by atoms with Gasteiger partial charge in [0, 0.05) is 12.4 Å². The molecule has 0 aromatic heterocycles. The molecule has 0 aromatic carbocycles. The fourth-order valence-corrected chi connectivity index (χ4v) is 2.89. The molecule has 0 spiro atoms. The van der Waals surface area contributed by atoms with E-state index < -0.39 is 0 Å². The number of esters is 1. The lowest BCUT2D eigenvalue weighted by Gasteiger charge is -2.12. The molecule has 0 unspecified atom stereocenters. The van der Waals surface area contributed by atoms with E-state index in [1.54, 1.807) is 0 Å². The predicted molar refractivity (Wildman–Crippen MR) is 71.4 cm³/mol. The number of rotatable bonds is 10. The lowest BCUT2D eigenvalue weighted by molar-refractivity contribution is -0.141. The van der Waals surface area contributed by atoms with E-state index in [0.717, 1.165) is 31.1 Å². The van der Waals surface area contributed by atoms with Crippen molar-refractivity contribution in [1.29, 1.82) is 0 Å². The van der Waals surface area contributed by atoms with Crippen LogP contribution < -0.4 is 0 Å². The molecule has 1 rings (SSSR count). The monoisotopic (exact) mass is 260 g/mol. The third-order valence-corrected chi connectivity index (χ3v) is 4.40. The van der Waals surface area contributed by atoms with E-state index in [2.05, 4.69) is 6.92 Å². The van der Waals surface area contributed by atoms with Gasteiger partial charge in [-0.2, -0.15) is 11.8 Å². The topological polar surface area (TPSA) is 35.5 Å². The van der Waals surface area contributed by atoms with E-state index >= 15 is 0 Å². The van der Waals surface area contributed by atoms with E-state index in [1.807, 2.05) is 11.8 Å². The molecule has 1 fully saturated rings. The first-order chi connectivity index (χ1) is 8.22. The third kappa shape index (κ3) is 6.32. The smallest absolute Gasteiger partial charge is 0.306 e. The molecule has 1 aliphatic rings. The summed E-state index contributed by atoms with van der Waals surface area (Å²) in [6.07, 6.45) is 5.27. The van der Waals surface area contributed by atoms with Gasteiger partial charge in [-0.25, -0.2) is 0 Å². The second-order valence-electron chi connectivity index (χ2n) is 4.77. The fourth-order valence-electron chi connectivity index (χ4n) is 1.68. The van der Waals surface area contributed by atoms with Crippen LogP contribution in [-0.2, 0) is 14.3 Å². The van der Waals surface area contributed by atoms with E-state index in [0.29, 0.717) is 6.42 Å². The Hall–Kier alpha value is -0.220. The lowest BCUT2D eigenvalue weighted by atomic mass is 10.1. The van der Waals surface area contributed by atoms with Crippen LogP contribution in [0.15, 0.2) is 0 Å². The van der Waals surface area contributed by atoms with Crippen LogP contribution in [0.2, 0.25) is 0 Å². The summed E-state index contributed by atoms with van der Waals surface area (Å²) in [7, 11) is 1.47. The van der Waals surface area contributed by atoms with Gasteiger partial charge in [0.25, 0.3) is 0 Å². The summed E-state index contributed by atoms with van der Waals surface area (Å²) in [5, 5.41) is 0. The van der Waals surface area contributed by atoms with Crippen LogP contribution in [0.4, 0.5) is 0 Å². The Bertz CT molecular complexity index is 227. The van der Waals surface area contributed by atoms with E-state index in [-0.39, 0.29) is 11.4 Å². The Balaban J connectivity index is 1.97. The standard InChI is InChI=1S/C13H24O3S/c1-3-4-7-16-8-9-17-11-13(5-6-13)10-12(14)15-2/h3-11H2,1-2H3. The quantitative estimate of drug-likeness (QED) is 0.447. The largest absolute Gasteiger partial charge is 0.469 e. The van der Waals surface area contributed by atoms with Gasteiger partial charge in [0.1, 0.15) is 0 Å². The maximum Gasteiger partial charge on any atom is 0.306 e. The first-order valence-corrected chi connectivity index (χ1v) is 7.60. The molecule has 0 aliphatic heterocycles. The molecular formula is C13H24O3S. The van der Waals surface area contributed by atoms with Crippen molar-refractivity contribution >= 4 is 17.7 Å². The van der Waals surface area contributed by atoms with Crippen molar-refractivity contribution in [3.63, 3.8) is 0 Å². The summed E-state index contributed by atoms with van der Waals surface area (Å²) >= 11 is 1.90. The molecule has 0 N–H and O–H groups in total. The Morgan fingerprint density at radius 2 is 2.12 bits per heavy atom. The van der Waals surface area contributed by atoms with Gasteiger partial charge in [0.2, 0.25) is 0 Å². The van der Waals surface area contributed by atoms with Crippen molar-refractivity contribution in [3.05, 3.63) is 0 Å². The minimum Gasteiger partial charge on any atom is -0.469 e. The zero-order valence-corrected chi connectivity index (χ0v) is 11.8. The van der Waals surface area contributed by atoms with E-state index in [9.17, 15) is 4.79 Å². The number of hydrogen-bond acceptors (Lipinski definition) is 4. The van der Waals surface area contributed by atoms with Crippen LogP contribution in [0.25, 0.3) is 0 Å². The molecule has 4 heteroatoms. The highest BCUT2D eigenvalue weighted by Gasteiger charge is 2.44. The predicted octanol–water partition coefficient (Wildman–Crippen LogP) is 2.88. The molecule has 0 radical (unpaired) electrons. The van der Waals surface area contributed by atoms with Crippen LogP contribution >= 0.6 is 11.8 Å². The highest BCUT2D eigenvalue weighted by molar-refractivity contribution is 7.99. The molecule has 0 heterocycles. The number of ether oxygens (including phenoxy) is 2. The summed E-state index contributed by atoms with van der Waals surface area (Å²) in [5.41, 5.74) is 0.251. The summed E-state index contributed by atoms with van der Waals surface area (Å²) in [5.74, 6) is 2.04. The summed E-state index contributed by atoms with van der Waals surface area (Å²) in [6.45, 7) is 3.88. The van der Waals surface area contributed by atoms with Crippen LogP contribution in [0.5, 0.6) is 0 Å². The van der Waals surface area contributed by atoms with Gasteiger partial charge in [-0.05, 0) is 30.4 Å². The first-order valence-electron chi connectivity index (χ1n) is 6.45. The molecule has 3 nitrogen and oxygen atoms in total. The van der Waals surface area contributed by atoms with Gasteiger partial charge in [-0.15, -0.1) is 0 Å². The second-order valence-corrected chi connectivity index (χ2v) is 5.88. The van der Waals surface area contributed by atoms with Crippen LogP contribution in [0, 0.1) is 5.41 Å². The molecular weight excluding hydrogens is 236 g/mol. The van der Waals surface area contributed by atoms with Gasteiger partial charge < -0.3 is 9.47 Å². The Morgan fingerprint density at radius 3 is 2.71 bits per heavy atom. The molecule has 0 amide bonds. The molecule has 17 heavy (non-hydrogen) atoms. The molecule has 0 bridgehead atoms. The van der Waals surface area contributed by atoms with Crippen molar-refractivity contribution in [2.45, 2.75) is 39.0 Å². The molecule has 0 atom stereocenters. The summed E-state index contributed by atoms with van der Waals surface area (Å²) in [6, 6.07) is 0. The van der Waals surface area contributed by atoms with Crippen LogP contribution in [0.1, 0.15) is 39.0 Å². The average molecular weight is 260 g/mol. The summed E-state index contributed by atoms with van der Waals surface area (Å²) in [4.78, 5) is 11.2. The molecule has 100 valence electrons. The van der Waals surface area contributed by atoms with Crippen molar-refractivity contribution in [2.24, 2.45) is 5.41 Å². The van der Waals surface area contributed by atoms with Gasteiger partial charge in [-0.1, -0.05) is 13.3 Å². The second kappa shape index (κ2) is 7.98. The van der Waals surface area contributed by atoms with Crippen molar-refractivity contribution in [1.82, 2.24) is 0 Å². The molecule has 0 aromatic rings. The van der Waals surface area contributed by atoms with E-state index in [4.69, 9.17) is 9.47 Å². The van der Waals surface area contributed by atoms with Crippen molar-refractivity contribution < 1.29 is 14.3 Å². The minimum atomic E-state index is -0.0673. The normalized spacial score (nSPS) is 16.8. The number of carbonyl (C=O) groups excluding carboxylic acids is 1. The Morgan fingerprint density at radius 1 is 1.35 bits per heavy atom. The van der Waals surface area contributed by atoms with Gasteiger partial charge in [0.15, 0.2) is 0 Å². The maximum atomic E-state index is 11.2. The first kappa shape index (κ1) is 14.8. The van der Waals surface area contributed by atoms with Gasteiger partial charge >= 0.3 is 5.97 Å². The molecule has 1 saturated carbocycles. The molecule has 0 saturated heterocycles. The fraction of sp³-hybridized carbons (Fsp3) is 0.923. The zero-order valence-electron chi connectivity index (χ0n) is 11.0. The Kier molecular flexibility index (Phi) is 6.97. The minimum absolute atomic E-state index is 0.0673. The van der Waals surface area contributed by atoms with Crippen molar-refractivity contribution in [2.75, 3.05) is 31.8 Å². The maximum absolute atomic E-state index is 11.2. The van der Waals surface area contributed by atoms with Crippen molar-refractivity contribution in [3.8, 4) is 0 Å². The number of thioether (sulfide) groups is 1. The average Bonchev–Trinajstić information content (AvgIpc) is 3.08. The lowest BCUT2D eigenvalue weighted by Crippen LogP contribution is -2.13. The number of hydrogen-bond donors (Lipinski definition) is 0. The van der Waals surface area contributed by atoms with Gasteiger partial charge in [-0.3, -0.25) is 4.79 Å². The van der Waals surface area contributed by atoms with Crippen LogP contribution in [0.3, 0.4) is 0 Å². The highest BCUT2D eigenvalue weighted by atomic mass is 32.2. The van der Waals surface area contributed by atoms with Gasteiger partial charge in [0.05, 0.1) is 20.1 Å². The van der Waals surface area contributed by atoms with E-state index in [1.165, 1.54) is 26.4 Å². The van der Waals surface area contributed by atoms with Crippen LogP contribution in [-0.4, -0.2) is 37.8 Å². The third-order valence-electron chi connectivity index (χ3n) is 3.13. The number of carbonyl (C=O) groups is 1. The number of unbranched alkanes of at least 4 members (excludes halogenated alkanes) is 1. The Labute approximate surface area is 109 Å². The number of methoxy groups -OCH3 is 1. The summed E-state index contributed by atoms with van der Waals surface area (Å²) < 4.78 is 10.2.